The number of benzene rings is 1. The molecule has 0 saturated carbocycles. The summed E-state index contributed by atoms with van der Waals surface area (Å²) in [7, 11) is 3.78. The van der Waals surface area contributed by atoms with Gasteiger partial charge in [0.2, 0.25) is 5.91 Å². The molecule has 29 heavy (non-hydrogen) atoms. The van der Waals surface area contributed by atoms with Crippen LogP contribution >= 0.6 is 0 Å². The van der Waals surface area contributed by atoms with E-state index in [9.17, 15) is 9.90 Å². The van der Waals surface area contributed by atoms with E-state index in [0.29, 0.717) is 25.9 Å². The third-order valence-corrected chi connectivity index (χ3v) is 5.52. The summed E-state index contributed by atoms with van der Waals surface area (Å²) >= 11 is 0. The van der Waals surface area contributed by atoms with Crippen molar-refractivity contribution in [3.05, 3.63) is 48.4 Å². The van der Waals surface area contributed by atoms with Crippen LogP contribution in [0, 0.1) is 0 Å². The number of hydrogen-bond acceptors (Lipinski definition) is 6. The average molecular weight is 394 g/mol. The second-order valence-electron chi connectivity index (χ2n) is 7.44. The van der Waals surface area contributed by atoms with Crippen LogP contribution < -0.4 is 15.5 Å². The van der Waals surface area contributed by atoms with E-state index in [4.69, 9.17) is 0 Å². The fourth-order valence-corrected chi connectivity index (χ4v) is 3.98. The van der Waals surface area contributed by atoms with Crippen molar-refractivity contribution in [1.82, 2.24) is 19.9 Å². The maximum absolute atomic E-state index is 12.6. The fourth-order valence-electron chi connectivity index (χ4n) is 3.98. The van der Waals surface area contributed by atoms with Crippen molar-refractivity contribution in [2.45, 2.75) is 25.0 Å². The van der Waals surface area contributed by atoms with Gasteiger partial charge in [0.25, 0.3) is 0 Å². The first kappa shape index (κ1) is 19.2. The highest BCUT2D eigenvalue weighted by Crippen LogP contribution is 2.25. The topological polar surface area (TPSA) is 95.3 Å². The molecule has 3 heterocycles. The number of nitrogens with zero attached hydrogens (tertiary/aromatic N) is 4. The van der Waals surface area contributed by atoms with Crippen LogP contribution in [0.25, 0.3) is 10.9 Å². The monoisotopic (exact) mass is 394 g/mol. The number of carbonyl (C=O) groups excluding carboxylic acids is 1. The first-order chi connectivity index (χ1) is 14.0. The number of rotatable bonds is 6. The van der Waals surface area contributed by atoms with Crippen LogP contribution in [0.15, 0.2) is 42.7 Å². The molecule has 0 radical (unpaired) electrons. The first-order valence-electron chi connectivity index (χ1n) is 9.79. The quantitative estimate of drug-likeness (QED) is 0.584. The summed E-state index contributed by atoms with van der Waals surface area (Å²) in [5.41, 5.74) is 2.09. The molecule has 3 aromatic rings. The zero-order valence-electron chi connectivity index (χ0n) is 16.7. The molecule has 2 atom stereocenters. The minimum Gasteiger partial charge on any atom is -0.391 e. The van der Waals surface area contributed by atoms with E-state index in [-0.39, 0.29) is 11.9 Å². The third-order valence-electron chi connectivity index (χ3n) is 5.52. The van der Waals surface area contributed by atoms with E-state index >= 15 is 0 Å². The Hall–Kier alpha value is -3.13. The molecule has 8 nitrogen and oxygen atoms in total. The van der Waals surface area contributed by atoms with Gasteiger partial charge in [0, 0.05) is 44.5 Å². The molecule has 0 spiro atoms. The molecule has 3 N–H and O–H groups in total. The zero-order valence-corrected chi connectivity index (χ0v) is 16.7. The zero-order chi connectivity index (χ0) is 20.4. The van der Waals surface area contributed by atoms with Gasteiger partial charge in [-0.3, -0.25) is 4.79 Å². The van der Waals surface area contributed by atoms with Crippen LogP contribution in [-0.2, 0) is 18.3 Å². The third kappa shape index (κ3) is 4.02. The summed E-state index contributed by atoms with van der Waals surface area (Å²) < 4.78 is 2.06. The summed E-state index contributed by atoms with van der Waals surface area (Å²) in [5.74, 6) is 1.43. The van der Waals surface area contributed by atoms with Crippen LogP contribution in [0.5, 0.6) is 0 Å². The minimum absolute atomic E-state index is 0.0129. The number of carbonyl (C=O) groups is 1. The highest BCUT2D eigenvalue weighted by Gasteiger charge is 2.32. The van der Waals surface area contributed by atoms with Gasteiger partial charge in [0.05, 0.1) is 18.6 Å². The predicted octanol–water partition coefficient (Wildman–Crippen LogP) is 1.31. The standard InChI is InChI=1S/C21H26N6O2/c1-22-19-10-20(25-13-24-19)27-12-17(28)8-16(27)11-23-21(29)9-15-7-14-5-3-4-6-18(14)26(15)2/h3-7,10,13,16-17,28H,8-9,11-12H2,1-2H3,(H,23,29)(H,22,24,25)/t16-,17-/m1/s1. The van der Waals surface area contributed by atoms with Crippen LogP contribution in [0.1, 0.15) is 12.1 Å². The molecule has 0 bridgehead atoms. The normalized spacial score (nSPS) is 18.9. The molecule has 1 aliphatic rings. The Bertz CT molecular complexity index is 1020. The number of aromatic nitrogens is 3. The molecule has 0 aliphatic carbocycles. The van der Waals surface area contributed by atoms with E-state index in [1.807, 2.05) is 30.1 Å². The van der Waals surface area contributed by atoms with Crippen molar-refractivity contribution >= 4 is 28.4 Å². The van der Waals surface area contributed by atoms with Gasteiger partial charge in [-0.15, -0.1) is 0 Å². The molecule has 1 aliphatic heterocycles. The average Bonchev–Trinajstić information content (AvgIpc) is 3.26. The van der Waals surface area contributed by atoms with Crippen molar-refractivity contribution in [3.63, 3.8) is 0 Å². The van der Waals surface area contributed by atoms with Gasteiger partial charge in [-0.25, -0.2) is 9.97 Å². The van der Waals surface area contributed by atoms with Gasteiger partial charge in [-0.05, 0) is 23.9 Å². The number of anilines is 2. The molecular formula is C21H26N6O2. The molecule has 4 rings (SSSR count). The largest absolute Gasteiger partial charge is 0.391 e. The first-order valence-corrected chi connectivity index (χ1v) is 9.79. The second kappa shape index (κ2) is 8.08. The number of fused-ring (bicyclic) bond motifs is 1. The number of hydrogen-bond donors (Lipinski definition) is 3. The van der Waals surface area contributed by atoms with Crippen LogP contribution in [0.4, 0.5) is 11.6 Å². The lowest BCUT2D eigenvalue weighted by Gasteiger charge is -2.25. The van der Waals surface area contributed by atoms with Crippen LogP contribution in [-0.4, -0.2) is 57.8 Å². The van der Waals surface area contributed by atoms with Crippen molar-refractivity contribution in [1.29, 1.82) is 0 Å². The Morgan fingerprint density at radius 3 is 2.90 bits per heavy atom. The van der Waals surface area contributed by atoms with E-state index in [0.717, 1.165) is 28.2 Å². The number of β-amino-alcohol motifs (C(OH)–C–C–N with tert-alkyl or cyclic N) is 1. The number of para-hydroxylation sites is 1. The Balaban J connectivity index is 1.41. The summed E-state index contributed by atoms with van der Waals surface area (Å²) in [6, 6.07) is 12.0. The van der Waals surface area contributed by atoms with Crippen LogP contribution in [0.2, 0.25) is 0 Å². The SMILES string of the molecule is CNc1cc(N2C[C@H](O)C[C@@H]2CNC(=O)Cc2cc3ccccc3n2C)ncn1. The van der Waals surface area contributed by atoms with Crippen molar-refractivity contribution < 1.29 is 9.90 Å². The Kier molecular flexibility index (Phi) is 5.35. The van der Waals surface area contributed by atoms with Gasteiger partial charge in [0.1, 0.15) is 18.0 Å². The van der Waals surface area contributed by atoms with E-state index in [1.54, 1.807) is 7.05 Å². The molecule has 1 amide bonds. The van der Waals surface area contributed by atoms with Gasteiger partial charge in [-0.2, -0.15) is 0 Å². The summed E-state index contributed by atoms with van der Waals surface area (Å²) in [6.45, 7) is 0.947. The number of aliphatic hydroxyl groups is 1. The molecular weight excluding hydrogens is 368 g/mol. The molecule has 1 aromatic carbocycles. The van der Waals surface area contributed by atoms with Gasteiger partial charge < -0.3 is 25.2 Å². The molecule has 8 heteroatoms. The maximum atomic E-state index is 12.6. The number of amides is 1. The van der Waals surface area contributed by atoms with Crippen LogP contribution in [0.3, 0.4) is 0 Å². The lowest BCUT2D eigenvalue weighted by Crippen LogP contribution is -2.41. The Morgan fingerprint density at radius 2 is 2.10 bits per heavy atom. The van der Waals surface area contributed by atoms with Crippen molar-refractivity contribution in [3.8, 4) is 0 Å². The van der Waals surface area contributed by atoms with Crippen molar-refractivity contribution in [2.24, 2.45) is 7.05 Å². The predicted molar refractivity (Wildman–Crippen MR) is 113 cm³/mol. The van der Waals surface area contributed by atoms with Gasteiger partial charge in [-0.1, -0.05) is 18.2 Å². The number of aliphatic hydroxyl groups excluding tert-OH is 1. The van der Waals surface area contributed by atoms with Gasteiger partial charge in [0.15, 0.2) is 0 Å². The smallest absolute Gasteiger partial charge is 0.226 e. The molecule has 152 valence electrons. The maximum Gasteiger partial charge on any atom is 0.226 e. The molecule has 1 fully saturated rings. The lowest BCUT2D eigenvalue weighted by molar-refractivity contribution is -0.120. The number of aryl methyl sites for hydroxylation is 1. The minimum atomic E-state index is -0.442. The number of nitrogens with one attached hydrogen (secondary N) is 2. The van der Waals surface area contributed by atoms with Gasteiger partial charge >= 0.3 is 0 Å². The van der Waals surface area contributed by atoms with E-state index in [1.165, 1.54) is 6.33 Å². The molecule has 0 unspecified atom stereocenters. The molecule has 2 aromatic heterocycles. The highest BCUT2D eigenvalue weighted by atomic mass is 16.3. The summed E-state index contributed by atoms with van der Waals surface area (Å²) in [4.78, 5) is 23.1. The summed E-state index contributed by atoms with van der Waals surface area (Å²) in [6.07, 6.45) is 1.97. The van der Waals surface area contributed by atoms with Crippen molar-refractivity contribution in [2.75, 3.05) is 30.4 Å². The molecule has 1 saturated heterocycles. The summed E-state index contributed by atoms with van der Waals surface area (Å²) in [5, 5.41) is 17.3. The Morgan fingerprint density at radius 1 is 1.28 bits per heavy atom. The van der Waals surface area contributed by atoms with E-state index in [2.05, 4.69) is 43.4 Å². The van der Waals surface area contributed by atoms with E-state index < -0.39 is 6.10 Å². The second-order valence-corrected chi connectivity index (χ2v) is 7.44. The fraction of sp³-hybridized carbons (Fsp3) is 0.381. The lowest BCUT2D eigenvalue weighted by atomic mass is 10.2. The highest BCUT2D eigenvalue weighted by molar-refractivity contribution is 5.84. The Labute approximate surface area is 169 Å².